The van der Waals surface area contributed by atoms with Crippen molar-refractivity contribution in [2.24, 2.45) is 0 Å². The number of likely N-dealkylation sites (tertiary alicyclic amines) is 1. The standard InChI is InChI=1S/C26H22N2O4/c1-2-16-9-11-17(12-10-16)23-22(24(29)20-14-27-21-8-4-3-7-19(20)21)25(30)26(31)28(23)15-18-6-5-13-32-18/h3-14,23,27,29H,2,15H2,1H3/b24-22-. The van der Waals surface area contributed by atoms with Crippen LogP contribution in [0.3, 0.4) is 0 Å². The molecule has 5 rings (SSSR count). The van der Waals surface area contributed by atoms with E-state index in [1.54, 1.807) is 18.3 Å². The highest BCUT2D eigenvalue weighted by Gasteiger charge is 2.46. The second-order valence-corrected chi connectivity index (χ2v) is 7.85. The number of rotatable bonds is 5. The van der Waals surface area contributed by atoms with Crippen LogP contribution in [0.2, 0.25) is 0 Å². The Balaban J connectivity index is 1.68. The molecule has 2 N–H and O–H groups in total. The van der Waals surface area contributed by atoms with Gasteiger partial charge in [0.05, 0.1) is 24.4 Å². The van der Waals surface area contributed by atoms with Gasteiger partial charge in [-0.25, -0.2) is 0 Å². The summed E-state index contributed by atoms with van der Waals surface area (Å²) in [6.07, 6.45) is 4.07. The molecule has 1 aliphatic heterocycles. The lowest BCUT2D eigenvalue weighted by molar-refractivity contribution is -0.140. The van der Waals surface area contributed by atoms with Crippen molar-refractivity contribution in [2.45, 2.75) is 25.9 Å². The fourth-order valence-electron chi connectivity index (χ4n) is 4.31. The summed E-state index contributed by atoms with van der Waals surface area (Å²) < 4.78 is 5.44. The summed E-state index contributed by atoms with van der Waals surface area (Å²) in [7, 11) is 0. The number of H-pyrrole nitrogens is 1. The molecule has 4 aromatic rings. The van der Waals surface area contributed by atoms with Gasteiger partial charge in [0, 0.05) is 22.7 Å². The number of Topliss-reactive ketones (excluding diaryl/α,β-unsaturated/α-hetero) is 1. The van der Waals surface area contributed by atoms with Crippen molar-refractivity contribution in [3.05, 3.63) is 101 Å². The molecule has 6 heteroatoms. The van der Waals surface area contributed by atoms with Crippen LogP contribution in [0.1, 0.15) is 35.4 Å². The fourth-order valence-corrected chi connectivity index (χ4v) is 4.31. The van der Waals surface area contributed by atoms with Gasteiger partial charge in [-0.15, -0.1) is 0 Å². The minimum atomic E-state index is -0.723. The Morgan fingerprint density at radius 1 is 1.06 bits per heavy atom. The fraction of sp³-hybridized carbons (Fsp3) is 0.154. The number of aliphatic hydroxyl groups excluding tert-OH is 1. The molecule has 1 amide bonds. The molecule has 1 aliphatic rings. The number of aliphatic hydroxyl groups is 1. The van der Waals surface area contributed by atoms with E-state index in [9.17, 15) is 14.7 Å². The van der Waals surface area contributed by atoms with Crippen LogP contribution in [-0.4, -0.2) is 26.7 Å². The van der Waals surface area contributed by atoms with Crippen LogP contribution < -0.4 is 0 Å². The average Bonchev–Trinajstić information content (AvgIpc) is 3.54. The van der Waals surface area contributed by atoms with Crippen LogP contribution in [0.25, 0.3) is 16.7 Å². The van der Waals surface area contributed by atoms with E-state index >= 15 is 0 Å². The van der Waals surface area contributed by atoms with E-state index in [4.69, 9.17) is 4.42 Å². The third-order valence-corrected chi connectivity index (χ3v) is 5.99. The Kier molecular flexibility index (Phi) is 4.90. The zero-order valence-electron chi connectivity index (χ0n) is 17.5. The second kappa shape index (κ2) is 7.89. The third-order valence-electron chi connectivity index (χ3n) is 5.99. The van der Waals surface area contributed by atoms with Gasteiger partial charge in [-0.05, 0) is 35.7 Å². The number of aryl methyl sites for hydroxylation is 1. The molecule has 1 saturated heterocycles. The van der Waals surface area contributed by atoms with Crippen molar-refractivity contribution >= 4 is 28.4 Å². The molecule has 1 unspecified atom stereocenters. The lowest BCUT2D eigenvalue weighted by Crippen LogP contribution is -2.29. The van der Waals surface area contributed by atoms with Crippen LogP contribution in [0.4, 0.5) is 0 Å². The van der Waals surface area contributed by atoms with Gasteiger partial charge >= 0.3 is 0 Å². The predicted octanol–water partition coefficient (Wildman–Crippen LogP) is 4.95. The maximum absolute atomic E-state index is 13.2. The maximum Gasteiger partial charge on any atom is 0.296 e. The van der Waals surface area contributed by atoms with Crippen molar-refractivity contribution < 1.29 is 19.1 Å². The van der Waals surface area contributed by atoms with Crippen LogP contribution in [0.15, 0.2) is 83.1 Å². The van der Waals surface area contributed by atoms with E-state index in [-0.39, 0.29) is 17.9 Å². The number of furan rings is 1. The topological polar surface area (TPSA) is 86.5 Å². The van der Waals surface area contributed by atoms with Gasteiger partial charge in [0.2, 0.25) is 0 Å². The van der Waals surface area contributed by atoms with Gasteiger partial charge < -0.3 is 19.4 Å². The van der Waals surface area contributed by atoms with E-state index in [2.05, 4.69) is 11.9 Å². The number of aromatic amines is 1. The summed E-state index contributed by atoms with van der Waals surface area (Å²) in [6.45, 7) is 2.19. The van der Waals surface area contributed by atoms with Crippen LogP contribution in [0.5, 0.6) is 0 Å². The first-order valence-corrected chi connectivity index (χ1v) is 10.5. The third kappa shape index (κ3) is 3.21. The molecule has 1 atom stereocenters. The van der Waals surface area contributed by atoms with Crippen molar-refractivity contribution in [3.8, 4) is 0 Å². The number of para-hydroxylation sites is 1. The van der Waals surface area contributed by atoms with Crippen molar-refractivity contribution in [1.82, 2.24) is 9.88 Å². The number of carbonyl (C=O) groups excluding carboxylic acids is 2. The Morgan fingerprint density at radius 3 is 2.56 bits per heavy atom. The smallest absolute Gasteiger partial charge is 0.296 e. The Labute approximate surface area is 184 Å². The number of aromatic nitrogens is 1. The maximum atomic E-state index is 13.2. The molecule has 0 bridgehead atoms. The summed E-state index contributed by atoms with van der Waals surface area (Å²) in [4.78, 5) is 30.8. The van der Waals surface area contributed by atoms with Gasteiger partial charge in [0.25, 0.3) is 11.7 Å². The first-order chi connectivity index (χ1) is 15.6. The van der Waals surface area contributed by atoms with Gasteiger partial charge in [-0.1, -0.05) is 49.4 Å². The number of nitrogens with one attached hydrogen (secondary N) is 1. The molecule has 3 heterocycles. The lowest BCUT2D eigenvalue weighted by atomic mass is 9.94. The average molecular weight is 426 g/mol. The summed E-state index contributed by atoms with van der Waals surface area (Å²) in [6, 6.07) is 18.1. The van der Waals surface area contributed by atoms with Crippen LogP contribution >= 0.6 is 0 Å². The number of hydrogen-bond acceptors (Lipinski definition) is 4. The van der Waals surface area contributed by atoms with Gasteiger partial charge in [-0.3, -0.25) is 9.59 Å². The lowest BCUT2D eigenvalue weighted by Gasteiger charge is -2.24. The molecule has 32 heavy (non-hydrogen) atoms. The molecule has 0 spiro atoms. The predicted molar refractivity (Wildman–Crippen MR) is 121 cm³/mol. The van der Waals surface area contributed by atoms with Crippen molar-refractivity contribution in [3.63, 3.8) is 0 Å². The van der Waals surface area contributed by atoms with E-state index < -0.39 is 17.7 Å². The van der Waals surface area contributed by atoms with Crippen molar-refractivity contribution in [2.75, 3.05) is 0 Å². The summed E-state index contributed by atoms with van der Waals surface area (Å²) in [5, 5.41) is 12.1. The Bertz CT molecular complexity index is 1330. The highest BCUT2D eigenvalue weighted by molar-refractivity contribution is 6.46. The van der Waals surface area contributed by atoms with E-state index in [1.807, 2.05) is 48.5 Å². The molecule has 0 radical (unpaired) electrons. The molecule has 160 valence electrons. The Hall–Kier alpha value is -4.06. The highest BCUT2D eigenvalue weighted by atomic mass is 16.3. The number of nitrogens with zero attached hydrogens (tertiary/aromatic N) is 1. The zero-order valence-corrected chi connectivity index (χ0v) is 17.5. The van der Waals surface area contributed by atoms with E-state index in [1.165, 1.54) is 11.2 Å². The summed E-state index contributed by atoms with van der Waals surface area (Å²) >= 11 is 0. The largest absolute Gasteiger partial charge is 0.507 e. The number of benzene rings is 2. The number of hydrogen-bond donors (Lipinski definition) is 2. The molecule has 2 aromatic heterocycles. The number of amides is 1. The van der Waals surface area contributed by atoms with E-state index in [0.29, 0.717) is 11.3 Å². The quantitative estimate of drug-likeness (QED) is 0.269. The number of fused-ring (bicyclic) bond motifs is 1. The number of ketones is 1. The zero-order chi connectivity index (χ0) is 22.2. The van der Waals surface area contributed by atoms with Crippen molar-refractivity contribution in [1.29, 1.82) is 0 Å². The van der Waals surface area contributed by atoms with Crippen LogP contribution in [0, 0.1) is 0 Å². The minimum absolute atomic E-state index is 0.0792. The first kappa shape index (κ1) is 19.9. The highest BCUT2D eigenvalue weighted by Crippen LogP contribution is 2.41. The molecular weight excluding hydrogens is 404 g/mol. The van der Waals surface area contributed by atoms with Gasteiger partial charge in [0.15, 0.2) is 0 Å². The second-order valence-electron chi connectivity index (χ2n) is 7.85. The SMILES string of the molecule is CCc1ccc(C2/C(=C(/O)c3c[nH]c4ccccc34)C(=O)C(=O)N2Cc2ccco2)cc1. The summed E-state index contributed by atoms with van der Waals surface area (Å²) in [5.41, 5.74) is 3.31. The Morgan fingerprint density at radius 2 is 1.84 bits per heavy atom. The van der Waals surface area contributed by atoms with Gasteiger partial charge in [0.1, 0.15) is 11.5 Å². The molecule has 1 fully saturated rings. The molecular formula is C26H22N2O4. The van der Waals surface area contributed by atoms with Crippen LogP contribution in [-0.2, 0) is 22.6 Å². The van der Waals surface area contributed by atoms with Gasteiger partial charge in [-0.2, -0.15) is 0 Å². The minimum Gasteiger partial charge on any atom is -0.507 e. The number of carbonyl (C=O) groups is 2. The first-order valence-electron chi connectivity index (χ1n) is 10.5. The van der Waals surface area contributed by atoms with E-state index in [0.717, 1.165) is 28.5 Å². The molecule has 0 aliphatic carbocycles. The molecule has 0 saturated carbocycles. The molecule has 6 nitrogen and oxygen atoms in total. The molecule has 2 aromatic carbocycles. The normalized spacial score (nSPS) is 18.0. The monoisotopic (exact) mass is 426 g/mol. The summed E-state index contributed by atoms with van der Waals surface area (Å²) in [5.74, 6) is -0.988.